The largest absolute Gasteiger partial charge is 0.478 e. The van der Waals surface area contributed by atoms with Crippen molar-refractivity contribution in [2.24, 2.45) is 0 Å². The highest BCUT2D eigenvalue weighted by Crippen LogP contribution is 2.33. The molecule has 1 saturated heterocycles. The first-order chi connectivity index (χ1) is 15.1. The van der Waals surface area contributed by atoms with E-state index in [1.807, 2.05) is 4.90 Å². The summed E-state index contributed by atoms with van der Waals surface area (Å²) in [6.45, 7) is 5.55. The average molecular weight is 482 g/mol. The number of sulfonamides is 2. The van der Waals surface area contributed by atoms with E-state index in [0.717, 1.165) is 25.9 Å². The lowest BCUT2D eigenvalue weighted by Gasteiger charge is -2.24. The van der Waals surface area contributed by atoms with Crippen LogP contribution < -0.4 is 9.62 Å². The molecule has 174 valence electrons. The minimum atomic E-state index is -4.08. The Kier molecular flexibility index (Phi) is 7.11. The number of carboxylic acids is 1. The summed E-state index contributed by atoms with van der Waals surface area (Å²) in [5.74, 6) is -1.16. The van der Waals surface area contributed by atoms with Crippen LogP contribution in [-0.4, -0.2) is 58.4 Å². The van der Waals surface area contributed by atoms with Crippen LogP contribution >= 0.6 is 0 Å². The summed E-state index contributed by atoms with van der Waals surface area (Å²) < 4.78 is 55.9. The Morgan fingerprint density at radius 1 is 0.969 bits per heavy atom. The van der Waals surface area contributed by atoms with Gasteiger partial charge in [-0.1, -0.05) is 13.8 Å². The van der Waals surface area contributed by atoms with Crippen LogP contribution in [-0.2, 0) is 20.0 Å². The molecule has 11 heteroatoms. The van der Waals surface area contributed by atoms with Crippen molar-refractivity contribution in [2.75, 3.05) is 35.8 Å². The van der Waals surface area contributed by atoms with Gasteiger partial charge in [0.25, 0.3) is 10.0 Å². The molecule has 32 heavy (non-hydrogen) atoms. The monoisotopic (exact) mass is 481 g/mol. The minimum absolute atomic E-state index is 0.00284. The molecule has 2 aromatic rings. The van der Waals surface area contributed by atoms with Crippen molar-refractivity contribution in [1.82, 2.24) is 4.31 Å². The van der Waals surface area contributed by atoms with E-state index in [9.17, 15) is 21.6 Å². The molecule has 1 heterocycles. The highest BCUT2D eigenvalue weighted by atomic mass is 32.2. The second-order valence-electron chi connectivity index (χ2n) is 7.40. The van der Waals surface area contributed by atoms with Gasteiger partial charge in [0.05, 0.1) is 26.7 Å². The average Bonchev–Trinajstić information content (AvgIpc) is 3.29. The molecule has 0 bridgehead atoms. The zero-order valence-corrected chi connectivity index (χ0v) is 19.6. The summed E-state index contributed by atoms with van der Waals surface area (Å²) in [4.78, 5) is 12.9. The predicted octanol–water partition coefficient (Wildman–Crippen LogP) is 2.82. The van der Waals surface area contributed by atoms with Gasteiger partial charge in [-0.25, -0.2) is 21.6 Å². The molecule has 0 aliphatic carbocycles. The van der Waals surface area contributed by atoms with Crippen molar-refractivity contribution in [3.63, 3.8) is 0 Å². The maximum absolute atomic E-state index is 13.0. The van der Waals surface area contributed by atoms with Crippen molar-refractivity contribution in [2.45, 2.75) is 36.5 Å². The van der Waals surface area contributed by atoms with Gasteiger partial charge >= 0.3 is 5.97 Å². The Balaban J connectivity index is 2.04. The molecule has 2 N–H and O–H groups in total. The molecule has 0 saturated carbocycles. The number of benzene rings is 2. The number of hydrogen-bond donors (Lipinski definition) is 2. The summed E-state index contributed by atoms with van der Waals surface area (Å²) in [7, 11) is -7.86. The number of aromatic carboxylic acids is 1. The fourth-order valence-electron chi connectivity index (χ4n) is 3.68. The van der Waals surface area contributed by atoms with E-state index < -0.39 is 26.0 Å². The second kappa shape index (κ2) is 9.47. The topological polar surface area (TPSA) is 124 Å². The molecule has 9 nitrogen and oxygen atoms in total. The summed E-state index contributed by atoms with van der Waals surface area (Å²) in [6, 6.07) is 9.31. The summed E-state index contributed by atoms with van der Waals surface area (Å²) >= 11 is 0. The van der Waals surface area contributed by atoms with E-state index >= 15 is 0 Å². The van der Waals surface area contributed by atoms with Crippen LogP contribution in [0, 0.1) is 0 Å². The van der Waals surface area contributed by atoms with Gasteiger partial charge in [-0.2, -0.15) is 4.31 Å². The normalized spacial score (nSPS) is 14.7. The van der Waals surface area contributed by atoms with Crippen LogP contribution in [0.3, 0.4) is 0 Å². The quantitative estimate of drug-likeness (QED) is 0.564. The highest BCUT2D eigenvalue weighted by molar-refractivity contribution is 7.92. The van der Waals surface area contributed by atoms with Crippen molar-refractivity contribution in [3.8, 4) is 0 Å². The van der Waals surface area contributed by atoms with E-state index in [-0.39, 0.29) is 21.0 Å². The third-order valence-electron chi connectivity index (χ3n) is 5.41. The molecule has 0 unspecified atom stereocenters. The van der Waals surface area contributed by atoms with Crippen LogP contribution in [0.4, 0.5) is 11.4 Å². The molecule has 1 fully saturated rings. The van der Waals surface area contributed by atoms with Crippen molar-refractivity contribution < 1.29 is 26.7 Å². The molecule has 1 aliphatic rings. The van der Waals surface area contributed by atoms with Gasteiger partial charge in [-0.3, -0.25) is 4.72 Å². The van der Waals surface area contributed by atoms with E-state index in [4.69, 9.17) is 5.11 Å². The maximum atomic E-state index is 13.0. The third-order valence-corrected chi connectivity index (χ3v) is 8.84. The lowest BCUT2D eigenvalue weighted by molar-refractivity contribution is 0.0696. The SMILES string of the molecule is CCN(CC)S(=O)(=O)c1ccc(N2CCCC2)c(NS(=O)(=O)c2ccc(C(=O)O)cc2)c1. The van der Waals surface area contributed by atoms with Gasteiger partial charge in [0.15, 0.2) is 0 Å². The van der Waals surface area contributed by atoms with Gasteiger partial charge in [-0.15, -0.1) is 0 Å². The number of anilines is 2. The highest BCUT2D eigenvalue weighted by Gasteiger charge is 2.26. The van der Waals surface area contributed by atoms with Crippen molar-refractivity contribution >= 4 is 37.4 Å². The van der Waals surface area contributed by atoms with E-state index in [2.05, 4.69) is 4.72 Å². The van der Waals surface area contributed by atoms with Crippen LogP contribution in [0.15, 0.2) is 52.3 Å². The summed E-state index contributed by atoms with van der Waals surface area (Å²) in [6.07, 6.45) is 1.92. The Labute approximate surface area is 188 Å². The van der Waals surface area contributed by atoms with Crippen molar-refractivity contribution in [3.05, 3.63) is 48.0 Å². The smallest absolute Gasteiger partial charge is 0.335 e. The Bertz CT molecular complexity index is 1180. The third kappa shape index (κ3) is 4.89. The zero-order chi connectivity index (χ0) is 23.5. The zero-order valence-electron chi connectivity index (χ0n) is 18.0. The molecule has 2 aromatic carbocycles. The number of carbonyl (C=O) groups is 1. The molecule has 0 atom stereocenters. The lowest BCUT2D eigenvalue weighted by atomic mass is 10.2. The van der Waals surface area contributed by atoms with Crippen LogP contribution in [0.5, 0.6) is 0 Å². The number of carboxylic acid groups (broad SMARTS) is 1. The predicted molar refractivity (Wildman–Crippen MR) is 122 cm³/mol. The summed E-state index contributed by atoms with van der Waals surface area (Å²) in [5, 5.41) is 9.03. The Morgan fingerprint density at radius 3 is 2.06 bits per heavy atom. The minimum Gasteiger partial charge on any atom is -0.478 e. The van der Waals surface area contributed by atoms with Gasteiger partial charge in [0.1, 0.15) is 0 Å². The molecule has 0 amide bonds. The van der Waals surface area contributed by atoms with Crippen molar-refractivity contribution in [1.29, 1.82) is 0 Å². The van der Waals surface area contributed by atoms with Crippen LogP contribution in [0.1, 0.15) is 37.0 Å². The van der Waals surface area contributed by atoms with Gasteiger partial charge in [0, 0.05) is 26.2 Å². The van der Waals surface area contributed by atoms with E-state index in [0.29, 0.717) is 18.8 Å². The number of hydrogen-bond acceptors (Lipinski definition) is 6. The lowest BCUT2D eigenvalue weighted by Crippen LogP contribution is -2.31. The molecule has 0 aromatic heterocycles. The molecular weight excluding hydrogens is 454 g/mol. The first-order valence-corrected chi connectivity index (χ1v) is 13.3. The standard InChI is InChI=1S/C21H27N3O6S2/c1-3-24(4-2)32(29,30)18-11-12-20(23-13-5-6-14-23)19(15-18)22-31(27,28)17-9-7-16(8-10-17)21(25)26/h7-12,15,22H,3-6,13-14H2,1-2H3,(H,25,26). The maximum Gasteiger partial charge on any atom is 0.335 e. The van der Waals surface area contributed by atoms with Crippen LogP contribution in [0.25, 0.3) is 0 Å². The first kappa shape index (κ1) is 24.0. The second-order valence-corrected chi connectivity index (χ2v) is 11.0. The summed E-state index contributed by atoms with van der Waals surface area (Å²) in [5.41, 5.74) is 0.739. The van der Waals surface area contributed by atoms with E-state index in [1.165, 1.54) is 40.7 Å². The van der Waals surface area contributed by atoms with Crippen LogP contribution in [0.2, 0.25) is 0 Å². The van der Waals surface area contributed by atoms with Gasteiger partial charge < -0.3 is 10.0 Å². The Hall–Kier alpha value is -2.63. The fourth-order valence-corrected chi connectivity index (χ4v) is 6.23. The van der Waals surface area contributed by atoms with Gasteiger partial charge in [0.2, 0.25) is 10.0 Å². The number of rotatable bonds is 9. The molecular formula is C21H27N3O6S2. The Morgan fingerprint density at radius 2 is 1.53 bits per heavy atom. The number of nitrogens with zero attached hydrogens (tertiary/aromatic N) is 2. The van der Waals surface area contributed by atoms with Gasteiger partial charge in [-0.05, 0) is 55.3 Å². The molecule has 3 rings (SSSR count). The number of nitrogens with one attached hydrogen (secondary N) is 1. The molecule has 0 radical (unpaired) electrons. The van der Waals surface area contributed by atoms with E-state index in [1.54, 1.807) is 19.9 Å². The fraction of sp³-hybridized carbons (Fsp3) is 0.381. The first-order valence-electron chi connectivity index (χ1n) is 10.4. The molecule has 0 spiro atoms. The molecule has 1 aliphatic heterocycles.